The van der Waals surface area contributed by atoms with E-state index in [1.807, 2.05) is 0 Å². The predicted molar refractivity (Wildman–Crippen MR) is 124 cm³/mol. The zero-order chi connectivity index (χ0) is 21.2. The van der Waals surface area contributed by atoms with Gasteiger partial charge in [0.1, 0.15) is 0 Å². The molecular weight excluding hydrogens is 370 g/mol. The van der Waals surface area contributed by atoms with Gasteiger partial charge in [-0.25, -0.2) is 0 Å². The highest BCUT2D eigenvalue weighted by molar-refractivity contribution is 6.06. The van der Waals surface area contributed by atoms with Crippen molar-refractivity contribution in [3.8, 4) is 0 Å². The minimum Gasteiger partial charge on any atom is -0.282 e. The van der Waals surface area contributed by atoms with E-state index in [2.05, 4.69) is 19.1 Å². The molecule has 0 aromatic heterocycles. The number of amides is 2. The summed E-state index contributed by atoms with van der Waals surface area (Å²) >= 11 is 0. The normalized spacial score (nSPS) is 26.9. The molecule has 3 nitrogen and oxygen atoms in total. The van der Waals surface area contributed by atoms with E-state index in [1.54, 1.807) is 4.90 Å². The Bertz CT molecular complexity index is 539. The molecule has 2 fully saturated rings. The Morgan fingerprint density at radius 1 is 0.633 bits per heavy atom. The molecule has 1 aliphatic heterocycles. The lowest BCUT2D eigenvalue weighted by molar-refractivity contribution is -0.140. The monoisotopic (exact) mass is 415 g/mol. The highest BCUT2D eigenvalue weighted by Gasteiger charge is 2.58. The van der Waals surface area contributed by atoms with Crippen molar-refractivity contribution >= 4 is 11.8 Å². The van der Waals surface area contributed by atoms with E-state index in [4.69, 9.17) is 0 Å². The molecule has 1 saturated heterocycles. The molecule has 0 radical (unpaired) electrons. The average Bonchev–Trinajstić information content (AvgIpc) is 3.43. The molecule has 4 atom stereocenters. The van der Waals surface area contributed by atoms with Gasteiger partial charge in [-0.3, -0.25) is 14.5 Å². The third-order valence-electron chi connectivity index (χ3n) is 7.80. The predicted octanol–water partition coefficient (Wildman–Crippen LogP) is 7.06. The third kappa shape index (κ3) is 6.20. The van der Waals surface area contributed by atoms with Crippen LogP contribution in [0, 0.1) is 23.7 Å². The number of allylic oxidation sites excluding steroid dienone is 2. The quantitative estimate of drug-likeness (QED) is 0.145. The van der Waals surface area contributed by atoms with Crippen LogP contribution in [0.5, 0.6) is 0 Å². The zero-order valence-electron chi connectivity index (χ0n) is 19.5. The van der Waals surface area contributed by atoms with Crippen LogP contribution in [0.1, 0.15) is 116 Å². The zero-order valence-corrected chi connectivity index (χ0v) is 19.5. The average molecular weight is 416 g/mol. The SMILES string of the molecule is CCCCCCCCCCCCCCCCCCN1C(=O)C2C3C=CC(C3)C2C1=O. The lowest BCUT2D eigenvalue weighted by Gasteiger charge is -2.17. The summed E-state index contributed by atoms with van der Waals surface area (Å²) in [6, 6.07) is 0. The van der Waals surface area contributed by atoms with Crippen LogP contribution in [0.3, 0.4) is 0 Å². The van der Waals surface area contributed by atoms with Crippen LogP contribution in [0.4, 0.5) is 0 Å². The number of hydrogen-bond donors (Lipinski definition) is 0. The molecule has 4 unspecified atom stereocenters. The first kappa shape index (κ1) is 23.5. The Morgan fingerprint density at radius 3 is 1.40 bits per heavy atom. The van der Waals surface area contributed by atoms with Crippen LogP contribution in [0.15, 0.2) is 12.2 Å². The van der Waals surface area contributed by atoms with Gasteiger partial charge in [0, 0.05) is 6.54 Å². The van der Waals surface area contributed by atoms with E-state index in [9.17, 15) is 9.59 Å². The molecule has 3 rings (SSSR count). The van der Waals surface area contributed by atoms with Gasteiger partial charge in [-0.15, -0.1) is 0 Å². The van der Waals surface area contributed by atoms with Crippen molar-refractivity contribution in [3.05, 3.63) is 12.2 Å². The Balaban J connectivity index is 1.11. The molecule has 1 heterocycles. The maximum absolute atomic E-state index is 12.6. The van der Waals surface area contributed by atoms with Crippen LogP contribution in [0.2, 0.25) is 0 Å². The van der Waals surface area contributed by atoms with Gasteiger partial charge in [0.05, 0.1) is 11.8 Å². The first-order valence-corrected chi connectivity index (χ1v) is 13.3. The van der Waals surface area contributed by atoms with E-state index in [1.165, 1.54) is 89.9 Å². The lowest BCUT2D eigenvalue weighted by atomic mass is 9.85. The minimum atomic E-state index is -0.0199. The number of carbonyl (C=O) groups excluding carboxylic acids is 2. The molecule has 0 aromatic rings. The van der Waals surface area contributed by atoms with E-state index in [0.717, 1.165) is 19.3 Å². The number of hydrogen-bond acceptors (Lipinski definition) is 2. The van der Waals surface area contributed by atoms with Gasteiger partial charge in [0.2, 0.25) is 11.8 Å². The van der Waals surface area contributed by atoms with Crippen molar-refractivity contribution in [2.75, 3.05) is 6.54 Å². The van der Waals surface area contributed by atoms with E-state index in [-0.39, 0.29) is 23.7 Å². The molecule has 2 amide bonds. The topological polar surface area (TPSA) is 37.4 Å². The fraction of sp³-hybridized carbons (Fsp3) is 0.852. The number of nitrogens with zero attached hydrogens (tertiary/aromatic N) is 1. The van der Waals surface area contributed by atoms with E-state index in [0.29, 0.717) is 18.4 Å². The summed E-state index contributed by atoms with van der Waals surface area (Å²) in [4.78, 5) is 26.9. The molecule has 3 aliphatic rings. The van der Waals surface area contributed by atoms with Crippen LogP contribution in [0.25, 0.3) is 0 Å². The highest BCUT2D eigenvalue weighted by atomic mass is 16.2. The maximum atomic E-state index is 12.6. The van der Waals surface area contributed by atoms with Gasteiger partial charge < -0.3 is 0 Å². The first-order chi connectivity index (χ1) is 14.7. The standard InChI is InChI=1S/C27H45NO2/c1-2-3-4-5-6-7-8-9-10-11-12-13-14-15-16-17-20-28-26(29)24-22-18-19-23(21-22)25(24)27(28)30/h18-19,22-25H,2-17,20-21H2,1H3. The van der Waals surface area contributed by atoms with Crippen molar-refractivity contribution in [1.82, 2.24) is 4.90 Å². The largest absolute Gasteiger partial charge is 0.282 e. The van der Waals surface area contributed by atoms with E-state index >= 15 is 0 Å². The number of imide groups is 1. The fourth-order valence-corrected chi connectivity index (χ4v) is 6.00. The van der Waals surface area contributed by atoms with Crippen molar-refractivity contribution in [3.63, 3.8) is 0 Å². The van der Waals surface area contributed by atoms with Crippen LogP contribution >= 0.6 is 0 Å². The van der Waals surface area contributed by atoms with E-state index < -0.39 is 0 Å². The highest BCUT2D eigenvalue weighted by Crippen LogP contribution is 2.52. The summed E-state index contributed by atoms with van der Waals surface area (Å²) < 4.78 is 0. The Kier molecular flexibility index (Phi) is 9.94. The van der Waals surface area contributed by atoms with Gasteiger partial charge in [0.25, 0.3) is 0 Å². The molecule has 3 heteroatoms. The smallest absolute Gasteiger partial charge is 0.233 e. The molecule has 0 spiro atoms. The molecular formula is C27H45NO2. The Labute approximate surface area is 185 Å². The molecule has 1 saturated carbocycles. The Morgan fingerprint density at radius 2 is 1.00 bits per heavy atom. The second-order valence-corrected chi connectivity index (χ2v) is 10.1. The second kappa shape index (κ2) is 12.7. The molecule has 170 valence electrons. The number of rotatable bonds is 17. The summed E-state index contributed by atoms with van der Waals surface area (Å²) in [5, 5.41) is 0. The first-order valence-electron chi connectivity index (χ1n) is 13.3. The number of likely N-dealkylation sites (tertiary alicyclic amines) is 1. The summed E-state index contributed by atoms with van der Waals surface area (Å²) in [7, 11) is 0. The van der Waals surface area contributed by atoms with Crippen molar-refractivity contribution in [2.45, 2.75) is 116 Å². The van der Waals surface area contributed by atoms with Crippen LogP contribution < -0.4 is 0 Å². The second-order valence-electron chi connectivity index (χ2n) is 10.1. The van der Waals surface area contributed by atoms with Crippen molar-refractivity contribution < 1.29 is 9.59 Å². The third-order valence-corrected chi connectivity index (χ3v) is 7.80. The summed E-state index contributed by atoms with van der Waals surface area (Å²) in [6.07, 6.45) is 26.9. The lowest BCUT2D eigenvalue weighted by Crippen LogP contribution is -2.33. The molecule has 0 aromatic carbocycles. The maximum Gasteiger partial charge on any atom is 0.233 e. The summed E-state index contributed by atoms with van der Waals surface area (Å²) in [6.45, 7) is 2.94. The number of fused-ring (bicyclic) bond motifs is 5. The minimum absolute atomic E-state index is 0.0199. The Hall–Kier alpha value is -1.12. The molecule has 2 aliphatic carbocycles. The number of carbonyl (C=O) groups is 2. The summed E-state index contributed by atoms with van der Waals surface area (Å²) in [5.74, 6) is 0.896. The van der Waals surface area contributed by atoms with Gasteiger partial charge >= 0.3 is 0 Å². The molecule has 2 bridgehead atoms. The summed E-state index contributed by atoms with van der Waals surface area (Å²) in [5.41, 5.74) is 0. The van der Waals surface area contributed by atoms with Gasteiger partial charge in [-0.05, 0) is 24.7 Å². The van der Waals surface area contributed by atoms with Gasteiger partial charge in [-0.2, -0.15) is 0 Å². The van der Waals surface area contributed by atoms with Crippen LogP contribution in [-0.2, 0) is 9.59 Å². The van der Waals surface area contributed by atoms with Gasteiger partial charge in [-0.1, -0.05) is 115 Å². The van der Waals surface area contributed by atoms with Gasteiger partial charge in [0.15, 0.2) is 0 Å². The van der Waals surface area contributed by atoms with Crippen LogP contribution in [-0.4, -0.2) is 23.3 Å². The van der Waals surface area contributed by atoms with Crippen molar-refractivity contribution in [1.29, 1.82) is 0 Å². The van der Waals surface area contributed by atoms with Crippen molar-refractivity contribution in [2.24, 2.45) is 23.7 Å². The molecule has 0 N–H and O–H groups in total. The molecule has 30 heavy (non-hydrogen) atoms. The fourth-order valence-electron chi connectivity index (χ4n) is 6.00. The number of unbranched alkanes of at least 4 members (excludes halogenated alkanes) is 15.